The van der Waals surface area contributed by atoms with Gasteiger partial charge < -0.3 is 10.4 Å². The van der Waals surface area contributed by atoms with Gasteiger partial charge >= 0.3 is 5.97 Å². The molecular formula is C12H15N3O4S. The largest absolute Gasteiger partial charge is 0.480 e. The van der Waals surface area contributed by atoms with E-state index in [9.17, 15) is 13.2 Å². The monoisotopic (exact) mass is 297 g/mol. The van der Waals surface area contributed by atoms with Crippen molar-refractivity contribution in [3.63, 3.8) is 0 Å². The number of carboxylic acid groups (broad SMARTS) is 1. The predicted octanol–water partition coefficient (Wildman–Crippen LogP) is 0.836. The maximum Gasteiger partial charge on any atom is 0.328 e. The first-order valence-electron chi connectivity index (χ1n) is 5.92. The summed E-state index contributed by atoms with van der Waals surface area (Å²) in [5.41, 5.74) is 1.92. The van der Waals surface area contributed by atoms with Crippen LogP contribution in [0.2, 0.25) is 0 Å². The zero-order chi connectivity index (χ0) is 15.1. The number of rotatable bonds is 2. The standard InChI is InChI=1S/C12H15N3O4S/c1-6-4-7(2)10-9(5-6)14-12(15-20(10,18)19)13-8(3)11(16)17/h4-5,8H,1-3H3,(H,16,17)(H2,13,14,15). The van der Waals surface area contributed by atoms with Gasteiger partial charge in [-0.15, -0.1) is 0 Å². The summed E-state index contributed by atoms with van der Waals surface area (Å²) in [5.74, 6) is -1.22. The number of aliphatic carboxylic acids is 1. The first kappa shape index (κ1) is 14.3. The lowest BCUT2D eigenvalue weighted by molar-refractivity contribution is -0.137. The molecule has 8 heteroatoms. The van der Waals surface area contributed by atoms with Gasteiger partial charge in [0.1, 0.15) is 10.9 Å². The summed E-state index contributed by atoms with van der Waals surface area (Å²) in [4.78, 5) is 14.7. The number of nitrogens with one attached hydrogen (secondary N) is 2. The third-order valence-electron chi connectivity index (χ3n) is 2.85. The highest BCUT2D eigenvalue weighted by Gasteiger charge is 2.29. The van der Waals surface area contributed by atoms with E-state index in [4.69, 9.17) is 5.11 Å². The lowest BCUT2D eigenvalue weighted by Crippen LogP contribution is -2.42. The maximum atomic E-state index is 12.2. The van der Waals surface area contributed by atoms with Crippen molar-refractivity contribution in [2.75, 3.05) is 5.32 Å². The Balaban J connectivity index is 2.53. The van der Waals surface area contributed by atoms with Gasteiger partial charge in [-0.3, -0.25) is 0 Å². The van der Waals surface area contributed by atoms with E-state index in [2.05, 4.69) is 15.0 Å². The van der Waals surface area contributed by atoms with Gasteiger partial charge in [0.25, 0.3) is 10.0 Å². The number of aryl methyl sites for hydroxylation is 2. The molecule has 0 aromatic heterocycles. The molecule has 0 radical (unpaired) electrons. The lowest BCUT2D eigenvalue weighted by Gasteiger charge is -2.24. The van der Waals surface area contributed by atoms with Gasteiger partial charge in [0.15, 0.2) is 0 Å². The Morgan fingerprint density at radius 2 is 2.00 bits per heavy atom. The number of fused-ring (bicyclic) bond motifs is 1. The molecule has 1 heterocycles. The van der Waals surface area contributed by atoms with Crippen molar-refractivity contribution in [2.24, 2.45) is 4.99 Å². The van der Waals surface area contributed by atoms with Gasteiger partial charge in [-0.1, -0.05) is 6.07 Å². The molecule has 0 saturated heterocycles. The van der Waals surface area contributed by atoms with E-state index in [0.29, 0.717) is 11.3 Å². The molecular weight excluding hydrogens is 282 g/mol. The van der Waals surface area contributed by atoms with Crippen LogP contribution in [0, 0.1) is 13.8 Å². The molecule has 0 bridgehead atoms. The van der Waals surface area contributed by atoms with Crippen LogP contribution >= 0.6 is 0 Å². The summed E-state index contributed by atoms with van der Waals surface area (Å²) in [5, 5.41) is 11.6. The van der Waals surface area contributed by atoms with Crippen LogP contribution in [0.15, 0.2) is 22.0 Å². The van der Waals surface area contributed by atoms with Crippen molar-refractivity contribution >= 4 is 27.6 Å². The molecule has 0 amide bonds. The zero-order valence-electron chi connectivity index (χ0n) is 11.3. The Hall–Kier alpha value is -2.09. The van der Waals surface area contributed by atoms with Gasteiger partial charge in [-0.05, 0) is 38.0 Å². The van der Waals surface area contributed by atoms with Crippen molar-refractivity contribution < 1.29 is 18.3 Å². The molecule has 7 nitrogen and oxygen atoms in total. The number of aliphatic imine (C=N–C) groups is 1. The number of benzene rings is 1. The minimum absolute atomic E-state index is 0.0857. The number of nitrogens with zero attached hydrogens (tertiary/aromatic N) is 1. The number of hydrogen-bond donors (Lipinski definition) is 3. The number of hydrogen-bond acceptors (Lipinski definition) is 4. The first-order chi connectivity index (χ1) is 9.20. The highest BCUT2D eigenvalue weighted by molar-refractivity contribution is 7.90. The normalized spacial score (nSPS) is 19.6. The first-order valence-corrected chi connectivity index (χ1v) is 7.41. The molecule has 1 atom stereocenters. The van der Waals surface area contributed by atoms with Gasteiger partial charge in [0.05, 0.1) is 5.69 Å². The van der Waals surface area contributed by atoms with Crippen molar-refractivity contribution in [3.8, 4) is 0 Å². The Kier molecular flexibility index (Phi) is 3.43. The Morgan fingerprint density at radius 1 is 1.35 bits per heavy atom. The molecule has 1 unspecified atom stereocenters. The molecule has 0 saturated carbocycles. The summed E-state index contributed by atoms with van der Waals surface area (Å²) >= 11 is 0. The Morgan fingerprint density at radius 3 is 2.60 bits per heavy atom. The van der Waals surface area contributed by atoms with Gasteiger partial charge in [0.2, 0.25) is 5.96 Å². The average molecular weight is 297 g/mol. The van der Waals surface area contributed by atoms with E-state index < -0.39 is 22.0 Å². The minimum atomic E-state index is -3.75. The van der Waals surface area contributed by atoms with Crippen molar-refractivity contribution in [3.05, 3.63) is 23.3 Å². The number of carbonyl (C=O) groups is 1. The third kappa shape index (κ3) is 2.60. The molecule has 3 N–H and O–H groups in total. The summed E-state index contributed by atoms with van der Waals surface area (Å²) < 4.78 is 26.6. The number of guanidine groups is 1. The minimum Gasteiger partial charge on any atom is -0.480 e. The highest BCUT2D eigenvalue weighted by Crippen LogP contribution is 2.29. The van der Waals surface area contributed by atoms with Crippen LogP contribution in [-0.2, 0) is 14.8 Å². The van der Waals surface area contributed by atoms with Gasteiger partial charge in [-0.25, -0.2) is 22.9 Å². The maximum absolute atomic E-state index is 12.2. The molecule has 2 rings (SSSR count). The lowest BCUT2D eigenvalue weighted by atomic mass is 10.1. The third-order valence-corrected chi connectivity index (χ3v) is 4.39. The second kappa shape index (κ2) is 4.78. The topological polar surface area (TPSA) is 108 Å². The molecule has 1 aliphatic rings. The van der Waals surface area contributed by atoms with Crippen LogP contribution in [0.3, 0.4) is 0 Å². The van der Waals surface area contributed by atoms with E-state index in [0.717, 1.165) is 5.56 Å². The molecule has 0 aliphatic carbocycles. The van der Waals surface area contributed by atoms with Crippen LogP contribution in [0.4, 0.5) is 5.69 Å². The van der Waals surface area contributed by atoms with E-state index in [1.165, 1.54) is 6.92 Å². The second-order valence-electron chi connectivity index (χ2n) is 4.68. The summed E-state index contributed by atoms with van der Waals surface area (Å²) in [6, 6.07) is 2.40. The van der Waals surface area contributed by atoms with Crippen LogP contribution in [0.5, 0.6) is 0 Å². The zero-order valence-corrected chi connectivity index (χ0v) is 12.1. The van der Waals surface area contributed by atoms with E-state index >= 15 is 0 Å². The molecule has 0 spiro atoms. The van der Waals surface area contributed by atoms with Crippen LogP contribution in [-0.4, -0.2) is 31.5 Å². The van der Waals surface area contributed by atoms with Crippen LogP contribution in [0.1, 0.15) is 18.1 Å². The summed E-state index contributed by atoms with van der Waals surface area (Å²) in [7, 11) is -3.75. The number of anilines is 1. The Labute approximate surface area is 116 Å². The van der Waals surface area contributed by atoms with E-state index in [1.54, 1.807) is 19.1 Å². The Bertz CT molecular complexity index is 710. The van der Waals surface area contributed by atoms with Gasteiger partial charge in [-0.2, -0.15) is 0 Å². The molecule has 0 fully saturated rings. The van der Waals surface area contributed by atoms with Crippen molar-refractivity contribution in [1.29, 1.82) is 0 Å². The summed E-state index contributed by atoms with van der Waals surface area (Å²) in [6.07, 6.45) is 0. The molecule has 1 aromatic carbocycles. The average Bonchev–Trinajstić information content (AvgIpc) is 2.25. The van der Waals surface area contributed by atoms with Gasteiger partial charge in [0, 0.05) is 0 Å². The molecule has 108 valence electrons. The van der Waals surface area contributed by atoms with Crippen molar-refractivity contribution in [2.45, 2.75) is 31.7 Å². The number of sulfonamides is 1. The fraction of sp³-hybridized carbons (Fsp3) is 0.333. The van der Waals surface area contributed by atoms with E-state index in [-0.39, 0.29) is 10.9 Å². The molecule has 1 aliphatic heterocycles. The highest BCUT2D eigenvalue weighted by atomic mass is 32.2. The smallest absolute Gasteiger partial charge is 0.328 e. The predicted molar refractivity (Wildman–Crippen MR) is 74.4 cm³/mol. The second-order valence-corrected chi connectivity index (χ2v) is 6.30. The van der Waals surface area contributed by atoms with Crippen LogP contribution in [0.25, 0.3) is 0 Å². The number of carboxylic acids is 1. The fourth-order valence-electron chi connectivity index (χ4n) is 2.04. The summed E-state index contributed by atoms with van der Waals surface area (Å²) in [6.45, 7) is 4.91. The molecule has 20 heavy (non-hydrogen) atoms. The molecule has 1 aromatic rings. The van der Waals surface area contributed by atoms with Crippen molar-refractivity contribution in [1.82, 2.24) is 4.72 Å². The van der Waals surface area contributed by atoms with E-state index in [1.807, 2.05) is 6.92 Å². The van der Waals surface area contributed by atoms with Crippen LogP contribution < -0.4 is 10.0 Å². The SMILES string of the molecule is Cc1cc(C)c2c(c1)NC(=NC(C)C(=O)O)NS2(=O)=O. The fourth-order valence-corrected chi connectivity index (χ4v) is 3.39. The quantitative estimate of drug-likeness (QED) is 0.749.